The normalized spacial score (nSPS) is 10.4. The Morgan fingerprint density at radius 3 is 2.00 bits per heavy atom. The highest BCUT2D eigenvalue weighted by molar-refractivity contribution is 5.69. The number of hydrogen-bond acceptors (Lipinski definition) is 11. The van der Waals surface area contributed by atoms with Crippen LogP contribution in [-0.2, 0) is 28.7 Å². The van der Waals surface area contributed by atoms with Gasteiger partial charge < -0.3 is 29.3 Å². The molecule has 0 aliphatic rings. The van der Waals surface area contributed by atoms with Crippen molar-refractivity contribution in [2.75, 3.05) is 34.0 Å². The van der Waals surface area contributed by atoms with Crippen molar-refractivity contribution in [2.24, 2.45) is 0 Å². The minimum absolute atomic E-state index is 0.0217. The fourth-order valence-corrected chi connectivity index (χ4v) is 1.82. The molecule has 2 amide bonds. The topological polar surface area (TPSA) is 176 Å². The molecule has 1 aromatic heterocycles. The van der Waals surface area contributed by atoms with Crippen LogP contribution in [0, 0.1) is 0 Å². The van der Waals surface area contributed by atoms with E-state index in [-0.39, 0.29) is 32.7 Å². The van der Waals surface area contributed by atoms with Crippen LogP contribution in [0.2, 0.25) is 0 Å². The standard InChI is InChI=1S/C15H23N3O11/c1-24-16-14(22)27-8-10(9-28-15(23)17-25-2)26-7-3-4-13(21)29-18-11(19)5-6-12(18)20/h5-6,10,19-20H,3-4,7-9H2,1-2H3,(H,16,22)(H,17,23). The predicted octanol–water partition coefficient (Wildman–Crippen LogP) is -0.405. The number of rotatable bonds is 12. The van der Waals surface area contributed by atoms with Gasteiger partial charge in [-0.1, -0.05) is 0 Å². The van der Waals surface area contributed by atoms with E-state index in [1.807, 2.05) is 11.0 Å². The highest BCUT2D eigenvalue weighted by Crippen LogP contribution is 2.18. The lowest BCUT2D eigenvalue weighted by Gasteiger charge is -2.18. The molecule has 164 valence electrons. The molecule has 0 saturated carbocycles. The van der Waals surface area contributed by atoms with Crippen LogP contribution >= 0.6 is 0 Å². The Bertz CT molecular complexity index is 622. The number of hydroxylamine groups is 2. The van der Waals surface area contributed by atoms with Crippen LogP contribution in [0.1, 0.15) is 12.8 Å². The first kappa shape index (κ1) is 23.8. The van der Waals surface area contributed by atoms with Crippen LogP contribution in [0.5, 0.6) is 11.8 Å². The first-order chi connectivity index (χ1) is 13.9. The number of nitrogens with zero attached hydrogens (tertiary/aromatic N) is 1. The molecule has 1 rings (SSSR count). The van der Waals surface area contributed by atoms with Crippen LogP contribution in [0.4, 0.5) is 9.59 Å². The Balaban J connectivity index is 2.39. The summed E-state index contributed by atoms with van der Waals surface area (Å²) in [6.07, 6.45) is -2.52. The third-order valence-corrected chi connectivity index (χ3v) is 3.04. The molecule has 1 aromatic rings. The molecule has 0 radical (unpaired) electrons. The van der Waals surface area contributed by atoms with E-state index in [4.69, 9.17) is 19.0 Å². The van der Waals surface area contributed by atoms with Gasteiger partial charge in [-0.2, -0.15) is 11.0 Å². The Morgan fingerprint density at radius 1 is 1.00 bits per heavy atom. The summed E-state index contributed by atoms with van der Waals surface area (Å²) in [6.45, 7) is -0.524. The minimum Gasteiger partial charge on any atom is -0.492 e. The lowest BCUT2D eigenvalue weighted by Crippen LogP contribution is -2.34. The Hall–Kier alpha value is -3.23. The van der Waals surface area contributed by atoms with E-state index in [1.165, 1.54) is 14.2 Å². The van der Waals surface area contributed by atoms with Gasteiger partial charge in [0.15, 0.2) is 0 Å². The largest absolute Gasteiger partial charge is 0.492 e. The number of aromatic hydroxyl groups is 2. The summed E-state index contributed by atoms with van der Waals surface area (Å²) >= 11 is 0. The van der Waals surface area contributed by atoms with E-state index in [9.17, 15) is 24.6 Å². The molecular formula is C15H23N3O11. The third-order valence-electron chi connectivity index (χ3n) is 3.04. The zero-order valence-corrected chi connectivity index (χ0v) is 15.8. The van der Waals surface area contributed by atoms with E-state index in [2.05, 4.69) is 9.68 Å². The number of hydrogen-bond donors (Lipinski definition) is 4. The number of carbonyl (C=O) groups excluding carboxylic acids is 3. The number of carbonyl (C=O) groups is 3. The van der Waals surface area contributed by atoms with Gasteiger partial charge in [-0.05, 0) is 6.42 Å². The Morgan fingerprint density at radius 2 is 1.52 bits per heavy atom. The fourth-order valence-electron chi connectivity index (χ4n) is 1.82. The molecule has 0 atom stereocenters. The number of aromatic nitrogens is 1. The summed E-state index contributed by atoms with van der Waals surface area (Å²) in [7, 11) is 2.44. The van der Waals surface area contributed by atoms with Gasteiger partial charge >= 0.3 is 18.2 Å². The highest BCUT2D eigenvalue weighted by Gasteiger charge is 2.17. The van der Waals surface area contributed by atoms with Crippen LogP contribution in [0.15, 0.2) is 12.1 Å². The van der Waals surface area contributed by atoms with E-state index >= 15 is 0 Å². The fraction of sp³-hybridized carbons (Fsp3) is 0.533. The van der Waals surface area contributed by atoms with Gasteiger partial charge in [0.2, 0.25) is 11.8 Å². The first-order valence-electron chi connectivity index (χ1n) is 8.21. The Kier molecular flexibility index (Phi) is 10.7. The van der Waals surface area contributed by atoms with E-state index < -0.39 is 36.0 Å². The van der Waals surface area contributed by atoms with Crippen molar-refractivity contribution in [1.82, 2.24) is 15.7 Å². The molecule has 29 heavy (non-hydrogen) atoms. The lowest BCUT2D eigenvalue weighted by molar-refractivity contribution is -0.146. The molecular weight excluding hydrogens is 398 g/mol. The van der Waals surface area contributed by atoms with Crippen LogP contribution in [0.25, 0.3) is 0 Å². The zero-order chi connectivity index (χ0) is 21.6. The van der Waals surface area contributed by atoms with Gasteiger partial charge in [-0.15, -0.1) is 4.73 Å². The van der Waals surface area contributed by atoms with Gasteiger partial charge in [-0.3, -0.25) is 9.68 Å². The van der Waals surface area contributed by atoms with Gasteiger partial charge in [0, 0.05) is 18.7 Å². The van der Waals surface area contributed by atoms with Crippen molar-refractivity contribution in [3.8, 4) is 11.8 Å². The second-order valence-corrected chi connectivity index (χ2v) is 5.21. The number of amides is 2. The van der Waals surface area contributed by atoms with Gasteiger partial charge in [-0.25, -0.2) is 14.4 Å². The van der Waals surface area contributed by atoms with Crippen molar-refractivity contribution >= 4 is 18.2 Å². The average Bonchev–Trinajstić information content (AvgIpc) is 2.99. The van der Waals surface area contributed by atoms with Crippen LogP contribution in [-0.4, -0.2) is 73.2 Å². The molecule has 0 bridgehead atoms. The first-order valence-corrected chi connectivity index (χ1v) is 8.21. The van der Waals surface area contributed by atoms with Crippen molar-refractivity contribution in [3.05, 3.63) is 12.1 Å². The molecule has 1 heterocycles. The van der Waals surface area contributed by atoms with E-state index in [0.717, 1.165) is 12.1 Å². The summed E-state index contributed by atoms with van der Waals surface area (Å²) in [5.74, 6) is -1.62. The molecule has 0 spiro atoms. The molecule has 0 aliphatic heterocycles. The lowest BCUT2D eigenvalue weighted by atomic mass is 10.3. The second kappa shape index (κ2) is 13.0. The maximum Gasteiger partial charge on any atom is 0.431 e. The Labute approximate surface area is 165 Å². The second-order valence-electron chi connectivity index (χ2n) is 5.21. The van der Waals surface area contributed by atoms with Crippen molar-refractivity contribution in [1.29, 1.82) is 0 Å². The van der Waals surface area contributed by atoms with E-state index in [1.54, 1.807) is 0 Å². The average molecular weight is 421 g/mol. The smallest absolute Gasteiger partial charge is 0.431 e. The molecule has 4 N–H and O–H groups in total. The zero-order valence-electron chi connectivity index (χ0n) is 15.8. The molecule has 0 aromatic carbocycles. The number of nitrogens with one attached hydrogen (secondary N) is 2. The quantitative estimate of drug-likeness (QED) is 0.255. The predicted molar refractivity (Wildman–Crippen MR) is 91.3 cm³/mol. The van der Waals surface area contributed by atoms with Gasteiger partial charge in [0.25, 0.3) is 0 Å². The molecule has 0 aliphatic carbocycles. The summed E-state index contributed by atoms with van der Waals surface area (Å²) in [6, 6.07) is 2.30. The molecule has 14 heteroatoms. The summed E-state index contributed by atoms with van der Waals surface area (Å²) in [4.78, 5) is 47.8. The van der Waals surface area contributed by atoms with Crippen molar-refractivity contribution in [3.63, 3.8) is 0 Å². The SMILES string of the molecule is CONC(=O)OCC(COC(=O)NOC)OCCCC(=O)On1c(O)ccc1O. The monoisotopic (exact) mass is 421 g/mol. The van der Waals surface area contributed by atoms with Crippen LogP contribution in [0.3, 0.4) is 0 Å². The highest BCUT2D eigenvalue weighted by atomic mass is 16.7. The van der Waals surface area contributed by atoms with Crippen molar-refractivity contribution < 1.29 is 53.3 Å². The van der Waals surface area contributed by atoms with Gasteiger partial charge in [0.1, 0.15) is 19.3 Å². The molecule has 0 unspecified atom stereocenters. The summed E-state index contributed by atoms with van der Waals surface area (Å²) < 4.78 is 15.6. The minimum atomic E-state index is -0.877. The van der Waals surface area contributed by atoms with Gasteiger partial charge in [0.05, 0.1) is 20.6 Å². The third kappa shape index (κ3) is 9.50. The molecule has 0 saturated heterocycles. The summed E-state index contributed by atoms with van der Waals surface area (Å²) in [5.41, 5.74) is 3.87. The van der Waals surface area contributed by atoms with Crippen molar-refractivity contribution in [2.45, 2.75) is 18.9 Å². The van der Waals surface area contributed by atoms with Crippen LogP contribution < -0.4 is 15.8 Å². The molecule has 14 nitrogen and oxygen atoms in total. The maximum absolute atomic E-state index is 11.7. The molecule has 0 fully saturated rings. The summed E-state index contributed by atoms with van der Waals surface area (Å²) in [5, 5.41) is 18.8. The maximum atomic E-state index is 11.7. The number of ether oxygens (including phenoxy) is 3. The van der Waals surface area contributed by atoms with E-state index in [0.29, 0.717) is 4.73 Å².